The summed E-state index contributed by atoms with van der Waals surface area (Å²) in [6.07, 6.45) is 3.17. The van der Waals surface area contributed by atoms with Gasteiger partial charge in [-0.1, -0.05) is 23.2 Å². The van der Waals surface area contributed by atoms with E-state index in [2.05, 4.69) is 15.3 Å². The van der Waals surface area contributed by atoms with Crippen molar-refractivity contribution in [2.45, 2.75) is 13.0 Å². The highest BCUT2D eigenvalue weighted by Crippen LogP contribution is 2.31. The van der Waals surface area contributed by atoms with Crippen molar-refractivity contribution in [2.75, 3.05) is 0 Å². The van der Waals surface area contributed by atoms with Crippen molar-refractivity contribution in [1.82, 2.24) is 15.3 Å². The molecule has 0 aliphatic rings. The van der Waals surface area contributed by atoms with Gasteiger partial charge in [0.25, 0.3) is 11.6 Å². The van der Waals surface area contributed by atoms with Crippen molar-refractivity contribution in [3.8, 4) is 0 Å². The molecule has 0 radical (unpaired) electrons. The van der Waals surface area contributed by atoms with Crippen LogP contribution in [0.3, 0.4) is 0 Å². The van der Waals surface area contributed by atoms with Crippen molar-refractivity contribution < 1.29 is 9.72 Å². The van der Waals surface area contributed by atoms with E-state index in [1.54, 1.807) is 19.3 Å². The Morgan fingerprint density at radius 3 is 2.76 bits per heavy atom. The summed E-state index contributed by atoms with van der Waals surface area (Å²) in [5.41, 5.74) is -0.366. The normalized spacial score (nSPS) is 12.0. The summed E-state index contributed by atoms with van der Waals surface area (Å²) in [6, 6.07) is 1.76. The lowest BCUT2D eigenvalue weighted by Crippen LogP contribution is -2.27. The second kappa shape index (κ2) is 6.11. The zero-order valence-electron chi connectivity index (χ0n) is 10.8. The molecule has 0 bridgehead atoms. The third kappa shape index (κ3) is 3.32. The van der Waals surface area contributed by atoms with E-state index in [4.69, 9.17) is 23.2 Å². The number of aromatic amines is 1. The monoisotopic (exact) mass is 328 g/mol. The van der Waals surface area contributed by atoms with Crippen LogP contribution in [-0.2, 0) is 0 Å². The number of rotatable bonds is 4. The molecule has 0 aliphatic carbocycles. The summed E-state index contributed by atoms with van der Waals surface area (Å²) in [4.78, 5) is 29.2. The first-order valence-electron chi connectivity index (χ1n) is 5.83. The zero-order valence-corrected chi connectivity index (χ0v) is 12.3. The fraction of sp³-hybridized carbons (Fsp3) is 0.167. The molecule has 2 N–H and O–H groups in total. The average molecular weight is 329 g/mol. The highest BCUT2D eigenvalue weighted by atomic mass is 35.5. The van der Waals surface area contributed by atoms with Crippen LogP contribution in [0.15, 0.2) is 24.5 Å². The maximum atomic E-state index is 12.2. The highest BCUT2D eigenvalue weighted by molar-refractivity contribution is 6.44. The second-order valence-corrected chi connectivity index (χ2v) is 5.00. The van der Waals surface area contributed by atoms with E-state index >= 15 is 0 Å². The Balaban J connectivity index is 2.28. The molecule has 1 atom stereocenters. The Hall–Kier alpha value is -2.12. The minimum absolute atomic E-state index is 0.0357. The topological polar surface area (TPSA) is 101 Å². The number of hydrogen-bond acceptors (Lipinski definition) is 4. The van der Waals surface area contributed by atoms with Crippen molar-refractivity contribution in [1.29, 1.82) is 0 Å². The molecule has 0 saturated carbocycles. The Morgan fingerprint density at radius 1 is 1.48 bits per heavy atom. The molecule has 1 heterocycles. The SMILES string of the molecule is CC(NC(=O)c1cc([N+](=O)[O-])cc(Cl)c1Cl)c1ncc[nH]1. The maximum Gasteiger partial charge on any atom is 0.271 e. The van der Waals surface area contributed by atoms with Crippen LogP contribution in [-0.4, -0.2) is 20.8 Å². The van der Waals surface area contributed by atoms with Gasteiger partial charge in [0, 0.05) is 24.5 Å². The number of nitro benzene ring substituents is 1. The molecule has 2 rings (SSSR count). The third-order valence-electron chi connectivity index (χ3n) is 2.75. The summed E-state index contributed by atoms with van der Waals surface area (Å²) in [6.45, 7) is 1.71. The number of nitro groups is 1. The van der Waals surface area contributed by atoms with Crippen molar-refractivity contribution in [2.24, 2.45) is 0 Å². The first kappa shape index (κ1) is 15.3. The molecule has 0 spiro atoms. The van der Waals surface area contributed by atoms with E-state index in [0.29, 0.717) is 5.82 Å². The molecule has 0 fully saturated rings. The smallest absolute Gasteiger partial charge is 0.271 e. The fourth-order valence-electron chi connectivity index (χ4n) is 1.70. The second-order valence-electron chi connectivity index (χ2n) is 4.22. The van der Waals surface area contributed by atoms with Gasteiger partial charge in [0.2, 0.25) is 0 Å². The van der Waals surface area contributed by atoms with Gasteiger partial charge in [0.15, 0.2) is 0 Å². The molecule has 1 amide bonds. The van der Waals surface area contributed by atoms with E-state index in [0.717, 1.165) is 12.1 Å². The van der Waals surface area contributed by atoms with Crippen LogP contribution in [0.25, 0.3) is 0 Å². The van der Waals surface area contributed by atoms with Gasteiger partial charge in [0.1, 0.15) is 5.82 Å². The van der Waals surface area contributed by atoms with Gasteiger partial charge in [-0.15, -0.1) is 0 Å². The number of imidazole rings is 1. The molecule has 1 aromatic carbocycles. The van der Waals surface area contributed by atoms with Gasteiger partial charge in [0.05, 0.1) is 26.6 Å². The van der Waals surface area contributed by atoms with Crippen molar-refractivity contribution in [3.05, 3.63) is 56.1 Å². The average Bonchev–Trinajstić information content (AvgIpc) is 2.95. The van der Waals surface area contributed by atoms with Crippen LogP contribution in [0.5, 0.6) is 0 Å². The quantitative estimate of drug-likeness (QED) is 0.665. The molecule has 2 aromatic rings. The van der Waals surface area contributed by atoms with Crippen molar-refractivity contribution in [3.63, 3.8) is 0 Å². The Kier molecular flexibility index (Phi) is 4.44. The van der Waals surface area contributed by atoms with Gasteiger partial charge < -0.3 is 10.3 Å². The maximum absolute atomic E-state index is 12.2. The Morgan fingerprint density at radius 2 is 2.19 bits per heavy atom. The number of aromatic nitrogens is 2. The van der Waals surface area contributed by atoms with Crippen LogP contribution in [0, 0.1) is 10.1 Å². The number of H-pyrrole nitrogens is 1. The minimum atomic E-state index is -0.644. The predicted molar refractivity (Wildman–Crippen MR) is 77.6 cm³/mol. The minimum Gasteiger partial charge on any atom is -0.347 e. The van der Waals surface area contributed by atoms with Crippen molar-refractivity contribution >= 4 is 34.8 Å². The summed E-state index contributed by atoms with van der Waals surface area (Å²) in [7, 11) is 0. The number of benzene rings is 1. The summed E-state index contributed by atoms with van der Waals surface area (Å²) >= 11 is 11.7. The molecule has 0 saturated heterocycles. The summed E-state index contributed by atoms with van der Waals surface area (Å²) in [5.74, 6) is -0.0227. The molecule has 110 valence electrons. The third-order valence-corrected chi connectivity index (χ3v) is 3.55. The predicted octanol–water partition coefficient (Wildman–Crippen LogP) is 3.12. The number of non-ortho nitro benzene ring substituents is 1. The molecular weight excluding hydrogens is 319 g/mol. The number of nitrogens with zero attached hydrogens (tertiary/aromatic N) is 2. The van der Waals surface area contributed by atoms with E-state index in [1.165, 1.54) is 0 Å². The first-order valence-corrected chi connectivity index (χ1v) is 6.59. The molecular formula is C12H10Cl2N4O3. The van der Waals surface area contributed by atoms with Crippen LogP contribution in [0.2, 0.25) is 10.0 Å². The van der Waals surface area contributed by atoms with Gasteiger partial charge >= 0.3 is 0 Å². The standard InChI is InChI=1S/C12H10Cl2N4O3/c1-6(11-15-2-3-16-11)17-12(19)8-4-7(18(20)21)5-9(13)10(8)14/h2-6H,1H3,(H,15,16)(H,17,19). The molecule has 7 nitrogen and oxygen atoms in total. The van der Waals surface area contributed by atoms with Gasteiger partial charge in [-0.05, 0) is 6.92 Å². The summed E-state index contributed by atoms with van der Waals surface area (Å²) < 4.78 is 0. The van der Waals surface area contributed by atoms with Gasteiger partial charge in [-0.25, -0.2) is 4.98 Å². The summed E-state index contributed by atoms with van der Waals surface area (Å²) in [5, 5.41) is 13.4. The molecule has 0 aliphatic heterocycles. The molecule has 21 heavy (non-hydrogen) atoms. The largest absolute Gasteiger partial charge is 0.347 e. The highest BCUT2D eigenvalue weighted by Gasteiger charge is 2.21. The first-order chi connectivity index (χ1) is 9.90. The van der Waals surface area contributed by atoms with E-state index in [1.807, 2.05) is 0 Å². The van der Waals surface area contributed by atoms with Crippen LogP contribution in [0.1, 0.15) is 29.1 Å². The van der Waals surface area contributed by atoms with Gasteiger partial charge in [-0.2, -0.15) is 0 Å². The van der Waals surface area contributed by atoms with Crippen LogP contribution >= 0.6 is 23.2 Å². The van der Waals surface area contributed by atoms with E-state index in [9.17, 15) is 14.9 Å². The van der Waals surface area contributed by atoms with Crippen LogP contribution < -0.4 is 5.32 Å². The van der Waals surface area contributed by atoms with Crippen LogP contribution in [0.4, 0.5) is 5.69 Å². The number of carbonyl (C=O) groups excluding carboxylic acids is 1. The number of carbonyl (C=O) groups is 1. The molecule has 9 heteroatoms. The molecule has 1 aromatic heterocycles. The number of amides is 1. The lowest BCUT2D eigenvalue weighted by Gasteiger charge is -2.12. The number of halogens is 2. The number of hydrogen-bond donors (Lipinski definition) is 2. The van der Waals surface area contributed by atoms with E-state index in [-0.39, 0.29) is 21.3 Å². The zero-order chi connectivity index (χ0) is 15.6. The Labute approximate surface area is 129 Å². The molecule has 1 unspecified atom stereocenters. The lowest BCUT2D eigenvalue weighted by atomic mass is 10.1. The Bertz CT molecular complexity index is 688. The number of nitrogens with one attached hydrogen (secondary N) is 2. The van der Waals surface area contributed by atoms with Gasteiger partial charge in [-0.3, -0.25) is 14.9 Å². The fourth-order valence-corrected chi connectivity index (χ4v) is 2.11. The lowest BCUT2D eigenvalue weighted by molar-refractivity contribution is -0.384. The van der Waals surface area contributed by atoms with E-state index < -0.39 is 16.9 Å².